The van der Waals surface area contributed by atoms with E-state index in [0.29, 0.717) is 13.0 Å². The number of amides is 2. The molecule has 0 aliphatic carbocycles. The zero-order valence-electron chi connectivity index (χ0n) is 11.2. The molecule has 0 spiro atoms. The maximum atomic E-state index is 11.7. The van der Waals surface area contributed by atoms with Gasteiger partial charge >= 0.3 is 29.6 Å². The summed E-state index contributed by atoms with van der Waals surface area (Å²) >= 11 is 0. The number of rotatable bonds is 5. The van der Waals surface area contributed by atoms with Crippen molar-refractivity contribution in [1.82, 2.24) is 9.80 Å². The van der Waals surface area contributed by atoms with Crippen LogP contribution in [0.1, 0.15) is 19.8 Å². The summed E-state index contributed by atoms with van der Waals surface area (Å²) in [6.45, 7) is 2.21. The SMILES string of the molecule is CC(=O)N(C)CP(=O)([O-])CCN1CCCC1=O.[Na+]. The number of nitrogens with zero attached hydrogens (tertiary/aromatic N) is 2. The van der Waals surface area contributed by atoms with Crippen molar-refractivity contribution in [3.05, 3.63) is 0 Å². The van der Waals surface area contributed by atoms with Gasteiger partial charge in [0.2, 0.25) is 11.8 Å². The average molecular weight is 284 g/mol. The van der Waals surface area contributed by atoms with Gasteiger partial charge in [-0.2, -0.15) is 0 Å². The fourth-order valence-electron chi connectivity index (χ4n) is 1.71. The molecule has 98 valence electrons. The Morgan fingerprint density at radius 1 is 1.56 bits per heavy atom. The number of carbonyl (C=O) groups is 2. The smallest absolute Gasteiger partial charge is 0.798 e. The second-order valence-electron chi connectivity index (χ2n) is 4.38. The van der Waals surface area contributed by atoms with Gasteiger partial charge < -0.3 is 19.3 Å². The molecule has 1 aliphatic heterocycles. The van der Waals surface area contributed by atoms with Gasteiger partial charge in [0.15, 0.2) is 0 Å². The molecule has 0 bridgehead atoms. The Hall–Kier alpha value is 0.130. The van der Waals surface area contributed by atoms with E-state index in [0.717, 1.165) is 6.42 Å². The maximum Gasteiger partial charge on any atom is 1.00 e. The molecule has 8 heteroatoms. The molecule has 1 saturated heterocycles. The van der Waals surface area contributed by atoms with E-state index in [2.05, 4.69) is 0 Å². The Balaban J connectivity index is 0.00000289. The molecule has 0 aromatic carbocycles. The van der Waals surface area contributed by atoms with Gasteiger partial charge in [0.25, 0.3) is 0 Å². The molecule has 0 aromatic heterocycles. The fourth-order valence-corrected chi connectivity index (χ4v) is 3.24. The summed E-state index contributed by atoms with van der Waals surface area (Å²) in [6, 6.07) is 0. The van der Waals surface area contributed by atoms with Crippen molar-refractivity contribution in [3.63, 3.8) is 0 Å². The van der Waals surface area contributed by atoms with Crippen molar-refractivity contribution in [2.75, 3.05) is 32.6 Å². The quantitative estimate of drug-likeness (QED) is 0.391. The largest absolute Gasteiger partial charge is 1.00 e. The minimum absolute atomic E-state index is 0. The van der Waals surface area contributed by atoms with Gasteiger partial charge in [-0.05, 0) is 6.42 Å². The zero-order chi connectivity index (χ0) is 13.1. The Kier molecular flexibility index (Phi) is 7.71. The Morgan fingerprint density at radius 2 is 2.17 bits per heavy atom. The van der Waals surface area contributed by atoms with Crippen molar-refractivity contribution < 1.29 is 48.6 Å². The van der Waals surface area contributed by atoms with E-state index in [1.165, 1.54) is 18.9 Å². The summed E-state index contributed by atoms with van der Waals surface area (Å²) in [5.74, 6) is -0.261. The van der Waals surface area contributed by atoms with Crippen LogP contribution in [0.3, 0.4) is 0 Å². The minimum Gasteiger partial charge on any atom is -0.798 e. The predicted molar refractivity (Wildman–Crippen MR) is 61.6 cm³/mol. The standard InChI is InChI=1S/C10H19N2O4P.Na/c1-9(13)11(2)8-17(15,16)7-6-12-5-3-4-10(12)14;/h3-8H2,1-2H3,(H,15,16);/q;+1/p-1. The second-order valence-corrected chi connectivity index (χ2v) is 6.74. The molecular weight excluding hydrogens is 266 g/mol. The first-order valence-electron chi connectivity index (χ1n) is 5.60. The number of likely N-dealkylation sites (tertiary alicyclic amines) is 1. The molecule has 1 heterocycles. The number of hydrogen-bond donors (Lipinski definition) is 0. The van der Waals surface area contributed by atoms with E-state index >= 15 is 0 Å². The van der Waals surface area contributed by atoms with Gasteiger partial charge in [-0.3, -0.25) is 9.59 Å². The molecule has 0 saturated carbocycles. The Morgan fingerprint density at radius 3 is 2.61 bits per heavy atom. The van der Waals surface area contributed by atoms with Crippen LogP contribution in [0.4, 0.5) is 0 Å². The predicted octanol–water partition coefficient (Wildman–Crippen LogP) is -3.31. The molecule has 1 atom stereocenters. The van der Waals surface area contributed by atoms with Gasteiger partial charge in [-0.25, -0.2) is 0 Å². The molecule has 1 unspecified atom stereocenters. The van der Waals surface area contributed by atoms with Gasteiger partial charge in [0, 0.05) is 47.0 Å². The molecule has 0 N–H and O–H groups in total. The van der Waals surface area contributed by atoms with Crippen LogP contribution in [0.2, 0.25) is 0 Å². The average Bonchev–Trinajstić information content (AvgIpc) is 2.60. The summed E-state index contributed by atoms with van der Waals surface area (Å²) in [5, 5.41) is 0. The minimum atomic E-state index is -3.62. The van der Waals surface area contributed by atoms with E-state index in [9.17, 15) is 19.0 Å². The third kappa shape index (κ3) is 5.85. The van der Waals surface area contributed by atoms with Crippen molar-refractivity contribution >= 4 is 19.2 Å². The first kappa shape index (κ1) is 18.1. The molecule has 1 rings (SSSR count). The maximum absolute atomic E-state index is 11.7. The third-order valence-corrected chi connectivity index (χ3v) is 4.58. The molecule has 0 aromatic rings. The zero-order valence-corrected chi connectivity index (χ0v) is 14.1. The van der Waals surface area contributed by atoms with Crippen molar-refractivity contribution in [3.8, 4) is 0 Å². The van der Waals surface area contributed by atoms with Gasteiger partial charge in [-0.15, -0.1) is 0 Å². The van der Waals surface area contributed by atoms with Crippen molar-refractivity contribution in [1.29, 1.82) is 0 Å². The van der Waals surface area contributed by atoms with Crippen molar-refractivity contribution in [2.24, 2.45) is 0 Å². The van der Waals surface area contributed by atoms with E-state index in [1.807, 2.05) is 0 Å². The fraction of sp³-hybridized carbons (Fsp3) is 0.800. The van der Waals surface area contributed by atoms with Crippen LogP contribution >= 0.6 is 7.37 Å². The van der Waals surface area contributed by atoms with E-state index < -0.39 is 7.37 Å². The van der Waals surface area contributed by atoms with Crippen LogP contribution in [0.15, 0.2) is 0 Å². The summed E-state index contributed by atoms with van der Waals surface area (Å²) < 4.78 is 11.7. The number of hydrogen-bond acceptors (Lipinski definition) is 4. The summed E-state index contributed by atoms with van der Waals surface area (Å²) in [4.78, 5) is 36.7. The molecule has 2 amide bonds. The summed E-state index contributed by atoms with van der Waals surface area (Å²) in [6.07, 6.45) is 0.993. The van der Waals surface area contributed by atoms with Crippen LogP contribution in [0.5, 0.6) is 0 Å². The monoisotopic (exact) mass is 284 g/mol. The van der Waals surface area contributed by atoms with Gasteiger partial charge in [0.05, 0.1) is 6.29 Å². The summed E-state index contributed by atoms with van der Waals surface area (Å²) in [5.41, 5.74) is 0. The van der Waals surface area contributed by atoms with E-state index in [-0.39, 0.29) is 60.4 Å². The third-order valence-electron chi connectivity index (χ3n) is 2.85. The van der Waals surface area contributed by atoms with Gasteiger partial charge in [-0.1, -0.05) is 0 Å². The normalized spacial score (nSPS) is 18.2. The van der Waals surface area contributed by atoms with Crippen LogP contribution < -0.4 is 34.5 Å². The van der Waals surface area contributed by atoms with Crippen LogP contribution in [-0.2, 0) is 14.2 Å². The van der Waals surface area contributed by atoms with E-state index in [1.54, 1.807) is 4.90 Å². The second kappa shape index (κ2) is 7.65. The van der Waals surface area contributed by atoms with Crippen LogP contribution in [-0.4, -0.2) is 54.2 Å². The molecule has 1 aliphatic rings. The first-order chi connectivity index (χ1) is 7.82. The van der Waals surface area contributed by atoms with Crippen LogP contribution in [0.25, 0.3) is 0 Å². The van der Waals surface area contributed by atoms with Gasteiger partial charge in [0.1, 0.15) is 0 Å². The Labute approximate surface area is 129 Å². The summed E-state index contributed by atoms with van der Waals surface area (Å²) in [7, 11) is -2.17. The molecule has 6 nitrogen and oxygen atoms in total. The molecule has 18 heavy (non-hydrogen) atoms. The topological polar surface area (TPSA) is 80.8 Å². The number of carbonyl (C=O) groups excluding carboxylic acids is 2. The van der Waals surface area contributed by atoms with E-state index in [4.69, 9.17) is 0 Å². The Bertz CT molecular complexity index is 364. The molecule has 0 radical (unpaired) electrons. The van der Waals surface area contributed by atoms with Crippen molar-refractivity contribution in [2.45, 2.75) is 19.8 Å². The van der Waals surface area contributed by atoms with Crippen LogP contribution in [0, 0.1) is 0 Å². The molecule has 1 fully saturated rings. The molecular formula is C10H18N2NaO4P. The first-order valence-corrected chi connectivity index (χ1v) is 7.60.